The van der Waals surface area contributed by atoms with Gasteiger partial charge in [-0.2, -0.15) is 0 Å². The van der Waals surface area contributed by atoms with Crippen LogP contribution in [0.5, 0.6) is 0 Å². The summed E-state index contributed by atoms with van der Waals surface area (Å²) < 4.78 is 0. The molecule has 0 aliphatic rings. The number of amides is 4. The first-order valence-electron chi connectivity index (χ1n) is 15.3. The van der Waals surface area contributed by atoms with Crippen LogP contribution in [-0.4, -0.2) is 66.3 Å². The average molecular weight is 643 g/mol. The summed E-state index contributed by atoms with van der Waals surface area (Å²) in [7, 11) is 1.52. The molecule has 8 N–H and O–H groups in total. The van der Waals surface area contributed by atoms with Gasteiger partial charge in [0.2, 0.25) is 17.7 Å². The van der Waals surface area contributed by atoms with Crippen LogP contribution in [0.2, 0.25) is 0 Å². The number of thiophene rings is 1. The molecule has 3 atom stereocenters. The van der Waals surface area contributed by atoms with Crippen molar-refractivity contribution in [2.75, 3.05) is 20.1 Å². The number of unbranched alkanes of at least 4 members (excludes halogenated alkanes) is 1. The Kier molecular flexibility index (Phi) is 12.0. The maximum atomic E-state index is 14.7. The van der Waals surface area contributed by atoms with Crippen molar-refractivity contribution >= 4 is 45.7 Å². The Morgan fingerprint density at radius 2 is 1.61 bits per heavy atom. The third kappa shape index (κ3) is 8.57. The van der Waals surface area contributed by atoms with Crippen LogP contribution in [0.3, 0.4) is 0 Å². The molecule has 0 unspecified atom stereocenters. The van der Waals surface area contributed by atoms with E-state index >= 15 is 0 Å². The number of fused-ring (bicyclic) bond motifs is 1. The lowest BCUT2D eigenvalue weighted by Gasteiger charge is -2.39. The van der Waals surface area contributed by atoms with Crippen molar-refractivity contribution in [1.82, 2.24) is 15.5 Å². The van der Waals surface area contributed by atoms with Gasteiger partial charge < -0.3 is 32.7 Å². The molecule has 4 amide bonds. The molecule has 11 heteroatoms. The smallest absolute Gasteiger partial charge is 0.252 e. The predicted molar refractivity (Wildman–Crippen MR) is 182 cm³/mol. The van der Waals surface area contributed by atoms with Gasteiger partial charge in [0.15, 0.2) is 0 Å². The van der Waals surface area contributed by atoms with Crippen molar-refractivity contribution < 1.29 is 19.2 Å². The van der Waals surface area contributed by atoms with Gasteiger partial charge >= 0.3 is 0 Å². The summed E-state index contributed by atoms with van der Waals surface area (Å²) in [5.74, 6) is -2.21. The predicted octanol–water partition coefficient (Wildman–Crippen LogP) is 2.74. The molecule has 10 nitrogen and oxygen atoms in total. The van der Waals surface area contributed by atoms with Crippen molar-refractivity contribution in [2.24, 2.45) is 17.2 Å². The summed E-state index contributed by atoms with van der Waals surface area (Å²) in [5.41, 5.74) is 17.2. The van der Waals surface area contributed by atoms with Crippen LogP contribution in [0.4, 0.5) is 0 Å². The van der Waals surface area contributed by atoms with Gasteiger partial charge in [-0.25, -0.2) is 0 Å². The van der Waals surface area contributed by atoms with E-state index in [4.69, 9.17) is 17.2 Å². The molecule has 4 rings (SSSR count). The Morgan fingerprint density at radius 1 is 0.891 bits per heavy atom. The van der Waals surface area contributed by atoms with Gasteiger partial charge in [-0.3, -0.25) is 19.2 Å². The zero-order valence-corrected chi connectivity index (χ0v) is 26.8. The third-order valence-electron chi connectivity index (χ3n) is 8.14. The van der Waals surface area contributed by atoms with Gasteiger partial charge in [0, 0.05) is 36.9 Å². The number of likely N-dealkylation sites (N-methyl/N-ethyl adjacent to an activating group) is 1. The number of hydrogen-bond acceptors (Lipinski definition) is 7. The quantitative estimate of drug-likeness (QED) is 0.118. The molecule has 46 heavy (non-hydrogen) atoms. The zero-order valence-electron chi connectivity index (χ0n) is 26.0. The lowest BCUT2D eigenvalue weighted by atomic mass is 9.87. The topological polar surface area (TPSA) is 174 Å². The fraction of sp³-hybridized carbons (Fsp3) is 0.314. The van der Waals surface area contributed by atoms with Crippen LogP contribution in [0, 0.1) is 0 Å². The highest BCUT2D eigenvalue weighted by atomic mass is 32.1. The number of carbonyl (C=O) groups is 4. The number of nitrogens with zero attached hydrogens (tertiary/aromatic N) is 1. The Balaban J connectivity index is 1.71. The summed E-state index contributed by atoms with van der Waals surface area (Å²) in [6, 6.07) is 24.0. The molecule has 0 radical (unpaired) electrons. The van der Waals surface area contributed by atoms with Crippen molar-refractivity contribution in [3.63, 3.8) is 0 Å². The summed E-state index contributed by atoms with van der Waals surface area (Å²) in [4.78, 5) is 56.6. The van der Waals surface area contributed by atoms with Gasteiger partial charge in [-0.15, -0.1) is 11.3 Å². The highest BCUT2D eigenvalue weighted by molar-refractivity contribution is 7.09. The molecule has 0 aliphatic heterocycles. The van der Waals surface area contributed by atoms with Crippen LogP contribution < -0.4 is 27.8 Å². The van der Waals surface area contributed by atoms with E-state index in [1.54, 1.807) is 30.3 Å². The number of hydrogen-bond donors (Lipinski definition) is 5. The number of benzene rings is 3. The van der Waals surface area contributed by atoms with Crippen LogP contribution in [0.1, 0.15) is 40.1 Å². The van der Waals surface area contributed by atoms with Crippen molar-refractivity contribution in [1.29, 1.82) is 0 Å². The molecular formula is C35H42N6O4S. The number of nitrogens with one attached hydrogen (secondary N) is 2. The van der Waals surface area contributed by atoms with Crippen LogP contribution in [0.15, 0.2) is 90.3 Å². The Labute approximate surface area is 273 Å². The molecule has 0 saturated heterocycles. The molecule has 1 heterocycles. The highest BCUT2D eigenvalue weighted by Gasteiger charge is 2.44. The largest absolute Gasteiger partial charge is 0.368 e. The first-order valence-corrected chi connectivity index (χ1v) is 16.2. The number of primary amides is 1. The molecule has 242 valence electrons. The van der Waals surface area contributed by atoms with Gasteiger partial charge in [-0.1, -0.05) is 66.7 Å². The second-order valence-electron chi connectivity index (χ2n) is 11.4. The van der Waals surface area contributed by atoms with E-state index in [2.05, 4.69) is 10.6 Å². The fourth-order valence-corrected chi connectivity index (χ4v) is 6.25. The number of rotatable bonds is 16. The Hall–Kier alpha value is -4.58. The standard InChI is InChI=1S/C35H42N6O4S/c1-41(30(21-28-14-9-19-46-28)33(44)39-29(31(38)42)15-7-8-18-36)34(45)35(23-37,40-32(43)26-11-3-2-4-12-26)22-24-16-17-25-10-5-6-13-27(25)20-24/h2-6,9-14,16-17,19-20,29-30H,7-8,15,18,21-23,36-37H2,1H3,(H2,38,42)(H,39,44)(H,40,43)/t29-,30+,35+/m0/s1. The molecule has 4 aromatic rings. The summed E-state index contributed by atoms with van der Waals surface area (Å²) in [6.07, 6.45) is 1.85. The molecule has 0 aliphatic carbocycles. The first kappa shape index (κ1) is 34.3. The molecule has 0 bridgehead atoms. The molecule has 1 aromatic heterocycles. The van der Waals surface area contributed by atoms with E-state index in [0.29, 0.717) is 31.4 Å². The van der Waals surface area contributed by atoms with Crippen molar-refractivity contribution in [2.45, 2.75) is 49.7 Å². The van der Waals surface area contributed by atoms with Gasteiger partial charge in [-0.05, 0) is 65.7 Å². The fourth-order valence-electron chi connectivity index (χ4n) is 5.51. The zero-order chi connectivity index (χ0) is 33.1. The van der Waals surface area contributed by atoms with Crippen molar-refractivity contribution in [3.8, 4) is 0 Å². The third-order valence-corrected chi connectivity index (χ3v) is 9.04. The lowest BCUT2D eigenvalue weighted by molar-refractivity contribution is -0.144. The summed E-state index contributed by atoms with van der Waals surface area (Å²) in [6.45, 7) is 0.211. The van der Waals surface area contributed by atoms with E-state index in [9.17, 15) is 19.2 Å². The minimum absolute atomic E-state index is 0.0758. The monoisotopic (exact) mass is 642 g/mol. The molecule has 3 aromatic carbocycles. The lowest BCUT2D eigenvalue weighted by Crippen LogP contribution is -2.67. The Morgan fingerprint density at radius 3 is 2.26 bits per heavy atom. The minimum Gasteiger partial charge on any atom is -0.368 e. The highest BCUT2D eigenvalue weighted by Crippen LogP contribution is 2.24. The summed E-state index contributed by atoms with van der Waals surface area (Å²) in [5, 5.41) is 9.61. The van der Waals surface area contributed by atoms with Crippen LogP contribution >= 0.6 is 11.3 Å². The molecule has 0 spiro atoms. The van der Waals surface area contributed by atoms with E-state index < -0.39 is 41.3 Å². The van der Waals surface area contributed by atoms with E-state index in [1.165, 1.54) is 23.3 Å². The SMILES string of the molecule is CN(C(=O)[C@](CN)(Cc1ccc2ccccc2c1)NC(=O)c1ccccc1)[C@H](Cc1cccs1)C(=O)N[C@@H](CCCCN)C(N)=O. The van der Waals surface area contributed by atoms with E-state index in [0.717, 1.165) is 21.2 Å². The average Bonchev–Trinajstić information content (AvgIpc) is 3.59. The summed E-state index contributed by atoms with van der Waals surface area (Å²) >= 11 is 1.45. The first-order chi connectivity index (χ1) is 22.2. The van der Waals surface area contributed by atoms with E-state index in [1.807, 2.05) is 60.0 Å². The Bertz CT molecular complexity index is 1630. The molecule has 0 fully saturated rings. The van der Waals surface area contributed by atoms with Gasteiger partial charge in [0.25, 0.3) is 5.91 Å². The maximum Gasteiger partial charge on any atom is 0.252 e. The molecule has 0 saturated carbocycles. The van der Waals surface area contributed by atoms with E-state index in [-0.39, 0.29) is 19.4 Å². The molecular weight excluding hydrogens is 600 g/mol. The van der Waals surface area contributed by atoms with Crippen molar-refractivity contribution in [3.05, 3.63) is 106 Å². The van der Waals surface area contributed by atoms with Gasteiger partial charge in [0.1, 0.15) is 17.6 Å². The second kappa shape index (κ2) is 16.1. The van der Waals surface area contributed by atoms with Crippen LogP contribution in [-0.2, 0) is 27.2 Å². The maximum absolute atomic E-state index is 14.7. The minimum atomic E-state index is -1.61. The van der Waals surface area contributed by atoms with Crippen LogP contribution in [0.25, 0.3) is 10.8 Å². The second-order valence-corrected chi connectivity index (χ2v) is 12.5. The van der Waals surface area contributed by atoms with Gasteiger partial charge in [0.05, 0.1) is 0 Å². The number of nitrogens with two attached hydrogens (primary N) is 3. The normalized spacial score (nSPS) is 13.7. The number of carbonyl (C=O) groups excluding carboxylic acids is 4.